The molecule has 2 aromatic carbocycles. The lowest BCUT2D eigenvalue weighted by atomic mass is 9.98. The van der Waals surface area contributed by atoms with Crippen LogP contribution in [-0.2, 0) is 19.0 Å². The number of carboxylic acids is 1. The van der Waals surface area contributed by atoms with Gasteiger partial charge in [0.1, 0.15) is 23.9 Å². The second-order valence-corrected chi connectivity index (χ2v) is 11.3. The van der Waals surface area contributed by atoms with Gasteiger partial charge in [-0.15, -0.1) is 0 Å². The van der Waals surface area contributed by atoms with Gasteiger partial charge in [0.15, 0.2) is 0 Å². The van der Waals surface area contributed by atoms with Gasteiger partial charge in [0.2, 0.25) is 5.96 Å². The molecule has 1 aliphatic rings. The van der Waals surface area contributed by atoms with Crippen molar-refractivity contribution in [3.63, 3.8) is 0 Å². The van der Waals surface area contributed by atoms with E-state index < -0.39 is 54.0 Å². The van der Waals surface area contributed by atoms with Crippen molar-refractivity contribution in [3.8, 4) is 11.1 Å². The molecular formula is C29H36N4O8. The van der Waals surface area contributed by atoms with Crippen molar-refractivity contribution in [1.82, 2.24) is 16.0 Å². The lowest BCUT2D eigenvalue weighted by Gasteiger charge is -2.22. The van der Waals surface area contributed by atoms with Gasteiger partial charge in [-0.25, -0.2) is 24.2 Å². The molecule has 1 atom stereocenters. The third-order valence-electron chi connectivity index (χ3n) is 5.60. The number of alkyl carbamates (subject to hydrolysis) is 3. The molecule has 12 nitrogen and oxygen atoms in total. The molecule has 0 spiro atoms. The Labute approximate surface area is 238 Å². The number of rotatable bonds is 6. The molecule has 1 aliphatic carbocycles. The first-order chi connectivity index (χ1) is 19.1. The van der Waals surface area contributed by atoms with Crippen molar-refractivity contribution in [2.75, 3.05) is 13.2 Å². The van der Waals surface area contributed by atoms with E-state index in [2.05, 4.69) is 20.9 Å². The Morgan fingerprint density at radius 3 is 1.71 bits per heavy atom. The lowest BCUT2D eigenvalue weighted by molar-refractivity contribution is -0.139. The zero-order valence-corrected chi connectivity index (χ0v) is 23.9. The molecule has 3 rings (SSSR count). The summed E-state index contributed by atoms with van der Waals surface area (Å²) in [7, 11) is 0. The fourth-order valence-electron chi connectivity index (χ4n) is 4.06. The predicted molar refractivity (Wildman–Crippen MR) is 151 cm³/mol. The number of benzene rings is 2. The zero-order chi connectivity index (χ0) is 30.4. The van der Waals surface area contributed by atoms with E-state index in [1.165, 1.54) is 0 Å². The number of hydrogen-bond acceptors (Lipinski definition) is 8. The van der Waals surface area contributed by atoms with Gasteiger partial charge in [0, 0.05) is 5.92 Å². The second-order valence-electron chi connectivity index (χ2n) is 11.3. The number of carbonyl (C=O) groups excluding carboxylic acids is 3. The molecule has 41 heavy (non-hydrogen) atoms. The number of fused-ring (bicyclic) bond motifs is 3. The van der Waals surface area contributed by atoms with Crippen LogP contribution in [0.3, 0.4) is 0 Å². The first kappa shape index (κ1) is 30.9. The van der Waals surface area contributed by atoms with E-state index in [1.807, 2.05) is 48.5 Å². The maximum Gasteiger partial charge on any atom is 0.414 e. The summed E-state index contributed by atoms with van der Waals surface area (Å²) in [6, 6.07) is 14.1. The number of hydrogen-bond donors (Lipinski definition) is 4. The number of aliphatic imine (C=N–C) groups is 1. The van der Waals surface area contributed by atoms with Crippen molar-refractivity contribution in [1.29, 1.82) is 0 Å². The number of nitrogens with zero attached hydrogens (tertiary/aromatic N) is 1. The third-order valence-corrected chi connectivity index (χ3v) is 5.60. The van der Waals surface area contributed by atoms with Crippen LogP contribution in [0.15, 0.2) is 53.5 Å². The summed E-state index contributed by atoms with van der Waals surface area (Å²) in [4.78, 5) is 53.0. The standard InChI is InChI=1S/C29H36N4O8/c1-28(2,3)40-26(37)32-24(33-27(38)41-29(4,5)6)30-15-22(23(34)35)31-25(36)39-16-21-19-13-9-7-11-17(19)18-12-8-10-14-20(18)21/h7-14,21-22H,15-16H2,1-6H3,(H,31,36)(H,34,35)(H2,30,32,33,37,38)/t22-/m0/s1. The Hall–Kier alpha value is -4.61. The van der Waals surface area contributed by atoms with Crippen LogP contribution < -0.4 is 16.0 Å². The molecule has 0 fully saturated rings. The Morgan fingerprint density at radius 1 is 0.805 bits per heavy atom. The summed E-state index contributed by atoms with van der Waals surface area (Å²) in [5.74, 6) is -2.04. The first-order valence-electron chi connectivity index (χ1n) is 13.0. The van der Waals surface area contributed by atoms with Gasteiger partial charge in [0.25, 0.3) is 0 Å². The van der Waals surface area contributed by atoms with Crippen molar-refractivity contribution in [2.45, 2.75) is 64.7 Å². The lowest BCUT2D eigenvalue weighted by Crippen LogP contribution is -2.49. The average molecular weight is 569 g/mol. The van der Waals surface area contributed by atoms with Crippen LogP contribution in [0.1, 0.15) is 58.6 Å². The van der Waals surface area contributed by atoms with E-state index in [0.29, 0.717) is 0 Å². The highest BCUT2D eigenvalue weighted by Gasteiger charge is 2.30. The second kappa shape index (κ2) is 12.7. The van der Waals surface area contributed by atoms with Gasteiger partial charge in [0.05, 0.1) is 6.54 Å². The smallest absolute Gasteiger partial charge is 0.414 e. The molecule has 12 heteroatoms. The van der Waals surface area contributed by atoms with Crippen LogP contribution in [0.5, 0.6) is 0 Å². The van der Waals surface area contributed by atoms with Crippen LogP contribution in [0.4, 0.5) is 14.4 Å². The molecule has 0 saturated carbocycles. The van der Waals surface area contributed by atoms with Gasteiger partial charge >= 0.3 is 24.2 Å². The van der Waals surface area contributed by atoms with Gasteiger partial charge in [-0.1, -0.05) is 48.5 Å². The number of nitrogens with one attached hydrogen (secondary N) is 3. The summed E-state index contributed by atoms with van der Waals surface area (Å²) >= 11 is 0. The minimum Gasteiger partial charge on any atom is -0.480 e. The summed E-state index contributed by atoms with van der Waals surface area (Å²) in [6.07, 6.45) is -2.84. The highest BCUT2D eigenvalue weighted by molar-refractivity contribution is 6.01. The molecule has 0 radical (unpaired) electrons. The Morgan fingerprint density at radius 2 is 1.27 bits per heavy atom. The van der Waals surface area contributed by atoms with Gasteiger partial charge < -0.3 is 24.6 Å². The molecule has 0 unspecified atom stereocenters. The molecule has 0 heterocycles. The van der Waals surface area contributed by atoms with E-state index in [0.717, 1.165) is 22.3 Å². The zero-order valence-electron chi connectivity index (χ0n) is 23.9. The maximum atomic E-state index is 12.6. The molecule has 2 aromatic rings. The molecule has 3 amide bonds. The molecule has 4 N–H and O–H groups in total. The highest BCUT2D eigenvalue weighted by atomic mass is 16.6. The van der Waals surface area contributed by atoms with Crippen molar-refractivity contribution < 1.29 is 38.5 Å². The Balaban J connectivity index is 1.68. The summed E-state index contributed by atoms with van der Waals surface area (Å²) < 4.78 is 15.8. The quantitative estimate of drug-likeness (QED) is 0.226. The first-order valence-corrected chi connectivity index (χ1v) is 13.0. The normalized spacial score (nSPS) is 13.1. The number of amides is 3. The van der Waals surface area contributed by atoms with E-state index in [1.54, 1.807) is 41.5 Å². The van der Waals surface area contributed by atoms with E-state index in [9.17, 15) is 24.3 Å². The molecule has 0 saturated heterocycles. The predicted octanol–water partition coefficient (Wildman–Crippen LogP) is 4.38. The summed E-state index contributed by atoms with van der Waals surface area (Å²) in [6.45, 7) is 9.29. The topological polar surface area (TPSA) is 165 Å². The Bertz CT molecular complexity index is 1250. The minimum absolute atomic E-state index is 0.0128. The van der Waals surface area contributed by atoms with Crippen LogP contribution >= 0.6 is 0 Å². The molecule has 0 bridgehead atoms. The number of carboxylic acid groups (broad SMARTS) is 1. The van der Waals surface area contributed by atoms with Crippen molar-refractivity contribution >= 4 is 30.2 Å². The van der Waals surface area contributed by atoms with Crippen LogP contribution in [-0.4, -0.2) is 65.7 Å². The van der Waals surface area contributed by atoms with Crippen molar-refractivity contribution in [2.24, 2.45) is 4.99 Å². The molecule has 220 valence electrons. The average Bonchev–Trinajstić information content (AvgIpc) is 3.16. The number of aliphatic carboxylic acids is 1. The molecular weight excluding hydrogens is 532 g/mol. The third kappa shape index (κ3) is 9.23. The minimum atomic E-state index is -1.54. The van der Waals surface area contributed by atoms with Gasteiger partial charge in [-0.3, -0.25) is 10.6 Å². The van der Waals surface area contributed by atoms with Crippen LogP contribution in [0.2, 0.25) is 0 Å². The highest BCUT2D eigenvalue weighted by Crippen LogP contribution is 2.44. The van der Waals surface area contributed by atoms with E-state index >= 15 is 0 Å². The monoisotopic (exact) mass is 568 g/mol. The number of ether oxygens (including phenoxy) is 3. The fourth-order valence-corrected chi connectivity index (χ4v) is 4.06. The largest absolute Gasteiger partial charge is 0.480 e. The molecule has 0 aromatic heterocycles. The van der Waals surface area contributed by atoms with E-state index in [-0.39, 0.29) is 12.5 Å². The van der Waals surface area contributed by atoms with Crippen molar-refractivity contribution in [3.05, 3.63) is 59.7 Å². The molecule has 0 aliphatic heterocycles. The number of guanidine groups is 1. The van der Waals surface area contributed by atoms with E-state index in [4.69, 9.17) is 14.2 Å². The Kier molecular flexibility index (Phi) is 9.59. The number of carbonyl (C=O) groups is 4. The fraction of sp³-hybridized carbons (Fsp3) is 0.414. The summed E-state index contributed by atoms with van der Waals surface area (Å²) in [5.41, 5.74) is 2.42. The van der Waals surface area contributed by atoms with Crippen LogP contribution in [0, 0.1) is 0 Å². The SMILES string of the molecule is CC(C)(C)OC(=O)NC(=NC[C@H](NC(=O)OCC1c2ccccc2-c2ccccc21)C(=O)O)NC(=O)OC(C)(C)C. The van der Waals surface area contributed by atoms with Crippen LogP contribution in [0.25, 0.3) is 11.1 Å². The maximum absolute atomic E-state index is 12.6. The van der Waals surface area contributed by atoms with Gasteiger partial charge in [-0.05, 0) is 63.8 Å². The summed E-state index contributed by atoms with van der Waals surface area (Å²) in [5, 5.41) is 16.5. The van der Waals surface area contributed by atoms with Gasteiger partial charge in [-0.2, -0.15) is 0 Å².